The first kappa shape index (κ1) is 15.0. The molecule has 1 aliphatic rings. The van der Waals surface area contributed by atoms with E-state index >= 15 is 0 Å². The Morgan fingerprint density at radius 1 is 1.25 bits per heavy atom. The molecule has 4 rings (SSSR count). The highest BCUT2D eigenvalue weighted by Crippen LogP contribution is 2.31. The van der Waals surface area contributed by atoms with Crippen LogP contribution in [0.4, 0.5) is 5.69 Å². The molecule has 0 atom stereocenters. The summed E-state index contributed by atoms with van der Waals surface area (Å²) in [6, 6.07) is 12.3. The third-order valence-electron chi connectivity index (χ3n) is 3.85. The first-order valence-electron chi connectivity index (χ1n) is 7.22. The van der Waals surface area contributed by atoms with Gasteiger partial charge in [0.15, 0.2) is 0 Å². The summed E-state index contributed by atoms with van der Waals surface area (Å²) in [6.45, 7) is 7.45. The van der Waals surface area contributed by atoms with Crippen molar-refractivity contribution in [2.45, 2.75) is 6.61 Å². The van der Waals surface area contributed by atoms with Crippen LogP contribution in [0.2, 0.25) is 5.02 Å². The highest BCUT2D eigenvalue weighted by molar-refractivity contribution is 6.61. The van der Waals surface area contributed by atoms with Gasteiger partial charge in [-0.05, 0) is 46.7 Å². The van der Waals surface area contributed by atoms with Crippen molar-refractivity contribution in [3.63, 3.8) is 0 Å². The largest absolute Gasteiger partial charge is 0.491 e. The van der Waals surface area contributed by atoms with E-state index in [1.807, 2.05) is 12.1 Å². The van der Waals surface area contributed by atoms with Gasteiger partial charge in [-0.2, -0.15) is 0 Å². The number of benzene rings is 2. The fraction of sp³-hybridized carbons (Fsp3) is 0.0588. The molecule has 0 bridgehead atoms. The molecule has 0 aliphatic carbocycles. The van der Waals surface area contributed by atoms with Crippen LogP contribution in [0.15, 0.2) is 42.5 Å². The second kappa shape index (κ2) is 5.80. The van der Waals surface area contributed by atoms with Gasteiger partial charge in [0.2, 0.25) is 11.6 Å². The van der Waals surface area contributed by atoms with Crippen LogP contribution in [-0.4, -0.2) is 17.1 Å². The second-order valence-corrected chi connectivity index (χ2v) is 5.79. The number of aromatic nitrogens is 1. The monoisotopic (exact) mass is 336 g/mol. The number of hydrogen-bond acceptors (Lipinski definition) is 4. The minimum absolute atomic E-state index is 0.355. The van der Waals surface area contributed by atoms with Crippen molar-refractivity contribution in [1.82, 2.24) is 4.98 Å². The number of pyridine rings is 1. The molecule has 2 heterocycles. The molecule has 2 aromatic carbocycles. The number of hydrogen-bond donors (Lipinski definition) is 1. The van der Waals surface area contributed by atoms with Gasteiger partial charge in [-0.3, -0.25) is 0 Å². The maximum Gasteiger partial charge on any atom is 0.491 e. The van der Waals surface area contributed by atoms with Gasteiger partial charge in [-0.1, -0.05) is 17.7 Å². The van der Waals surface area contributed by atoms with Crippen LogP contribution in [0.1, 0.15) is 5.56 Å². The second-order valence-electron chi connectivity index (χ2n) is 5.38. The number of rotatable bonds is 2. The van der Waals surface area contributed by atoms with Crippen LogP contribution in [0, 0.1) is 6.57 Å². The van der Waals surface area contributed by atoms with Crippen LogP contribution in [0.25, 0.3) is 15.7 Å². The van der Waals surface area contributed by atoms with E-state index in [-0.39, 0.29) is 0 Å². The maximum atomic E-state index is 9.64. The lowest BCUT2D eigenvalue weighted by Crippen LogP contribution is -2.27. The van der Waals surface area contributed by atoms with Crippen molar-refractivity contribution < 1.29 is 14.4 Å². The fourth-order valence-electron chi connectivity index (χ4n) is 2.65. The Morgan fingerprint density at radius 2 is 2.12 bits per heavy atom. The molecule has 24 heavy (non-hydrogen) atoms. The summed E-state index contributed by atoms with van der Waals surface area (Å²) in [5.74, 6) is 1.04. The lowest BCUT2D eigenvalue weighted by Gasteiger charge is -2.08. The molecule has 7 heteroatoms. The first-order valence-corrected chi connectivity index (χ1v) is 7.60. The molecule has 0 fully saturated rings. The summed E-state index contributed by atoms with van der Waals surface area (Å²) in [4.78, 5) is 7.80. The molecule has 0 saturated heterocycles. The molecule has 0 unspecified atom stereocenters. The summed E-state index contributed by atoms with van der Waals surface area (Å²) >= 11 is 6.06. The molecule has 0 saturated carbocycles. The van der Waals surface area contributed by atoms with Gasteiger partial charge in [0.25, 0.3) is 0 Å². The normalized spacial score (nSPS) is 13.0. The highest BCUT2D eigenvalue weighted by Gasteiger charge is 2.27. The van der Waals surface area contributed by atoms with Crippen LogP contribution in [-0.2, 0) is 11.3 Å². The van der Waals surface area contributed by atoms with Gasteiger partial charge < -0.3 is 14.4 Å². The highest BCUT2D eigenvalue weighted by atomic mass is 35.5. The van der Waals surface area contributed by atoms with Crippen LogP contribution < -0.4 is 10.2 Å². The number of fused-ring (bicyclic) bond motifs is 2. The molecule has 0 amide bonds. The lowest BCUT2D eigenvalue weighted by atomic mass is 9.80. The lowest BCUT2D eigenvalue weighted by molar-refractivity contribution is 0.275. The third kappa shape index (κ3) is 2.59. The Bertz CT molecular complexity index is 1000. The standard InChI is InChI=1S/C17H10BClN2O3/c1-20-16-7-10-2-5-17(21-15(10)8-14(16)19)24-12-3-4-13-11(6-12)9-23-18(13)22/h2-8,22H,9H2. The predicted octanol–water partition coefficient (Wildman–Crippen LogP) is 3.45. The Kier molecular flexibility index (Phi) is 3.62. The van der Waals surface area contributed by atoms with Crippen molar-refractivity contribution in [2.75, 3.05) is 0 Å². The van der Waals surface area contributed by atoms with E-state index in [4.69, 9.17) is 27.6 Å². The van der Waals surface area contributed by atoms with Crippen molar-refractivity contribution in [3.05, 3.63) is 64.5 Å². The average Bonchev–Trinajstić information content (AvgIpc) is 2.95. The van der Waals surface area contributed by atoms with E-state index in [1.165, 1.54) is 0 Å². The number of nitrogens with zero attached hydrogens (tertiary/aromatic N) is 2. The Morgan fingerprint density at radius 3 is 2.96 bits per heavy atom. The minimum atomic E-state index is -0.869. The quantitative estimate of drug-likeness (QED) is 0.575. The third-order valence-corrected chi connectivity index (χ3v) is 4.16. The Labute approximate surface area is 143 Å². The van der Waals surface area contributed by atoms with Gasteiger partial charge in [0.1, 0.15) is 5.75 Å². The van der Waals surface area contributed by atoms with Gasteiger partial charge >= 0.3 is 7.12 Å². The number of halogens is 1. The van der Waals surface area contributed by atoms with E-state index in [9.17, 15) is 5.02 Å². The fourth-order valence-corrected chi connectivity index (χ4v) is 2.85. The van der Waals surface area contributed by atoms with E-state index in [1.54, 1.807) is 30.3 Å². The topological polar surface area (TPSA) is 55.9 Å². The van der Waals surface area contributed by atoms with E-state index in [0.29, 0.717) is 34.5 Å². The summed E-state index contributed by atoms with van der Waals surface area (Å²) in [7, 11) is -0.869. The van der Waals surface area contributed by atoms with Crippen molar-refractivity contribution in [2.24, 2.45) is 0 Å². The van der Waals surface area contributed by atoms with Gasteiger partial charge in [-0.25, -0.2) is 9.83 Å². The van der Waals surface area contributed by atoms with E-state index in [2.05, 4.69) is 9.83 Å². The van der Waals surface area contributed by atoms with Gasteiger partial charge in [0.05, 0.1) is 18.7 Å². The van der Waals surface area contributed by atoms with Crippen LogP contribution in [0.3, 0.4) is 0 Å². The van der Waals surface area contributed by atoms with Crippen molar-refractivity contribution >= 4 is 40.8 Å². The first-order chi connectivity index (χ1) is 11.6. The summed E-state index contributed by atoms with van der Waals surface area (Å²) < 4.78 is 11.0. The predicted molar refractivity (Wildman–Crippen MR) is 91.9 cm³/mol. The zero-order chi connectivity index (χ0) is 16.7. The Hall–Kier alpha value is -2.59. The minimum Gasteiger partial charge on any atom is -0.439 e. The smallest absolute Gasteiger partial charge is 0.439 e. The van der Waals surface area contributed by atoms with Crippen LogP contribution >= 0.6 is 11.6 Å². The molecule has 3 aromatic rings. The van der Waals surface area contributed by atoms with Crippen molar-refractivity contribution in [3.8, 4) is 11.6 Å². The molecule has 116 valence electrons. The molecule has 5 nitrogen and oxygen atoms in total. The molecule has 1 N–H and O–H groups in total. The molecule has 1 aromatic heterocycles. The molecule has 1 aliphatic heterocycles. The molecule has 0 radical (unpaired) electrons. The Balaban J connectivity index is 1.67. The zero-order valence-electron chi connectivity index (χ0n) is 12.4. The van der Waals surface area contributed by atoms with E-state index in [0.717, 1.165) is 16.4 Å². The molecular formula is C17H10BClN2O3. The SMILES string of the molecule is [C-]#[N+]c1cc2ccc(Oc3ccc4c(c3)COB4O)nc2cc1Cl. The summed E-state index contributed by atoms with van der Waals surface area (Å²) in [5, 5.41) is 10.8. The van der Waals surface area contributed by atoms with Crippen molar-refractivity contribution in [1.29, 1.82) is 0 Å². The van der Waals surface area contributed by atoms with Gasteiger partial charge in [0, 0.05) is 11.1 Å². The van der Waals surface area contributed by atoms with Crippen LogP contribution in [0.5, 0.6) is 11.6 Å². The number of ether oxygens (including phenoxy) is 1. The summed E-state index contributed by atoms with van der Waals surface area (Å²) in [6.07, 6.45) is 0. The van der Waals surface area contributed by atoms with Gasteiger partial charge in [-0.15, -0.1) is 0 Å². The average molecular weight is 337 g/mol. The molecular weight excluding hydrogens is 326 g/mol. The zero-order valence-corrected chi connectivity index (χ0v) is 13.1. The van der Waals surface area contributed by atoms with E-state index < -0.39 is 7.12 Å². The molecule has 0 spiro atoms. The summed E-state index contributed by atoms with van der Waals surface area (Å²) in [5.41, 5.74) is 2.71. The maximum absolute atomic E-state index is 9.64.